The monoisotopic (exact) mass is 256 g/mol. The first-order valence-corrected chi connectivity index (χ1v) is 7.21. The molecular weight excluding hydrogens is 232 g/mol. The van der Waals surface area contributed by atoms with Gasteiger partial charge >= 0.3 is 0 Å². The van der Waals surface area contributed by atoms with Crippen LogP contribution >= 0.6 is 0 Å². The number of fused-ring (bicyclic) bond motifs is 1. The SMILES string of the molecule is CC1(C)CC(n2ccc3ccccc32)CC(C)(C)N1. The molecule has 1 fully saturated rings. The molecule has 3 rings (SSSR count). The van der Waals surface area contributed by atoms with E-state index in [1.165, 1.54) is 23.7 Å². The molecule has 0 atom stereocenters. The Morgan fingerprint density at radius 1 is 1.00 bits per heavy atom. The summed E-state index contributed by atoms with van der Waals surface area (Å²) in [6.45, 7) is 9.25. The van der Waals surface area contributed by atoms with Gasteiger partial charge in [-0.25, -0.2) is 0 Å². The van der Waals surface area contributed by atoms with Crippen LogP contribution in [0.25, 0.3) is 10.9 Å². The van der Waals surface area contributed by atoms with Gasteiger partial charge in [-0.2, -0.15) is 0 Å². The lowest BCUT2D eigenvalue weighted by Crippen LogP contribution is -2.57. The van der Waals surface area contributed by atoms with Crippen molar-refractivity contribution in [2.75, 3.05) is 0 Å². The van der Waals surface area contributed by atoms with Crippen LogP contribution in [0.15, 0.2) is 36.5 Å². The average molecular weight is 256 g/mol. The first-order valence-electron chi connectivity index (χ1n) is 7.21. The maximum Gasteiger partial charge on any atom is 0.0482 e. The summed E-state index contributed by atoms with van der Waals surface area (Å²) in [6.07, 6.45) is 4.61. The molecule has 102 valence electrons. The molecule has 0 amide bonds. The van der Waals surface area contributed by atoms with Crippen molar-refractivity contribution in [3.05, 3.63) is 36.5 Å². The third-order valence-corrected chi connectivity index (χ3v) is 4.19. The zero-order chi connectivity index (χ0) is 13.7. The van der Waals surface area contributed by atoms with E-state index in [1.807, 2.05) is 0 Å². The van der Waals surface area contributed by atoms with Gasteiger partial charge in [-0.05, 0) is 58.1 Å². The number of nitrogens with one attached hydrogen (secondary N) is 1. The number of aromatic nitrogens is 1. The second-order valence-corrected chi connectivity index (χ2v) is 7.24. The van der Waals surface area contributed by atoms with E-state index in [-0.39, 0.29) is 11.1 Å². The fraction of sp³-hybridized carbons (Fsp3) is 0.529. The summed E-state index contributed by atoms with van der Waals surface area (Å²) in [4.78, 5) is 0. The number of nitrogens with zero attached hydrogens (tertiary/aromatic N) is 1. The highest BCUT2D eigenvalue weighted by molar-refractivity contribution is 5.80. The van der Waals surface area contributed by atoms with Crippen LogP contribution in [0.3, 0.4) is 0 Å². The van der Waals surface area contributed by atoms with Gasteiger partial charge in [-0.1, -0.05) is 18.2 Å². The van der Waals surface area contributed by atoms with E-state index in [1.54, 1.807) is 0 Å². The van der Waals surface area contributed by atoms with Crippen LogP contribution in [0.5, 0.6) is 0 Å². The summed E-state index contributed by atoms with van der Waals surface area (Å²) in [5.74, 6) is 0. The highest BCUT2D eigenvalue weighted by Crippen LogP contribution is 2.37. The van der Waals surface area contributed by atoms with E-state index in [4.69, 9.17) is 0 Å². The minimum absolute atomic E-state index is 0.192. The molecule has 0 spiro atoms. The molecule has 2 aromatic rings. The lowest BCUT2D eigenvalue weighted by Gasteiger charge is -2.47. The van der Waals surface area contributed by atoms with Crippen molar-refractivity contribution in [2.45, 2.75) is 57.7 Å². The molecule has 0 unspecified atom stereocenters. The molecule has 1 N–H and O–H groups in total. The molecule has 2 nitrogen and oxygen atoms in total. The Labute approximate surface area is 115 Å². The van der Waals surface area contributed by atoms with Gasteiger partial charge in [0.25, 0.3) is 0 Å². The minimum Gasteiger partial charge on any atom is -0.344 e. The summed E-state index contributed by atoms with van der Waals surface area (Å²) in [6, 6.07) is 11.5. The number of para-hydroxylation sites is 1. The first kappa shape index (κ1) is 12.7. The predicted molar refractivity (Wildman–Crippen MR) is 81.5 cm³/mol. The molecule has 1 aromatic heterocycles. The Balaban J connectivity index is 2.01. The van der Waals surface area contributed by atoms with Crippen LogP contribution in [-0.2, 0) is 0 Å². The van der Waals surface area contributed by atoms with Crippen LogP contribution in [-0.4, -0.2) is 15.6 Å². The quantitative estimate of drug-likeness (QED) is 0.812. The summed E-state index contributed by atoms with van der Waals surface area (Å²) in [7, 11) is 0. The van der Waals surface area contributed by atoms with Gasteiger partial charge in [0.15, 0.2) is 0 Å². The van der Waals surface area contributed by atoms with Crippen LogP contribution in [0, 0.1) is 0 Å². The predicted octanol–water partition coefficient (Wildman–Crippen LogP) is 4.12. The second-order valence-electron chi connectivity index (χ2n) is 7.24. The van der Waals surface area contributed by atoms with Crippen LogP contribution < -0.4 is 5.32 Å². The van der Waals surface area contributed by atoms with Gasteiger partial charge in [0, 0.05) is 28.8 Å². The number of hydrogen-bond acceptors (Lipinski definition) is 1. The largest absolute Gasteiger partial charge is 0.344 e. The first-order chi connectivity index (χ1) is 8.86. The summed E-state index contributed by atoms with van der Waals surface area (Å²) >= 11 is 0. The van der Waals surface area contributed by atoms with Crippen molar-refractivity contribution in [1.29, 1.82) is 0 Å². The van der Waals surface area contributed by atoms with Crippen molar-refractivity contribution in [3.8, 4) is 0 Å². The Kier molecular flexibility index (Phi) is 2.75. The van der Waals surface area contributed by atoms with Gasteiger partial charge in [0.05, 0.1) is 0 Å². The number of hydrogen-bond donors (Lipinski definition) is 1. The molecule has 19 heavy (non-hydrogen) atoms. The van der Waals surface area contributed by atoms with Crippen LogP contribution in [0.2, 0.25) is 0 Å². The molecule has 0 bridgehead atoms. The Hall–Kier alpha value is -1.28. The molecule has 0 radical (unpaired) electrons. The van der Waals surface area contributed by atoms with Crippen LogP contribution in [0.4, 0.5) is 0 Å². The zero-order valence-corrected chi connectivity index (χ0v) is 12.4. The molecule has 1 aliphatic heterocycles. The second kappa shape index (κ2) is 4.11. The Morgan fingerprint density at radius 3 is 2.32 bits per heavy atom. The Morgan fingerprint density at radius 2 is 1.63 bits per heavy atom. The normalized spacial score (nSPS) is 22.7. The maximum atomic E-state index is 3.76. The topological polar surface area (TPSA) is 17.0 Å². The smallest absolute Gasteiger partial charge is 0.0482 e. The highest BCUT2D eigenvalue weighted by Gasteiger charge is 2.38. The minimum atomic E-state index is 0.192. The number of rotatable bonds is 1. The van der Waals surface area contributed by atoms with E-state index in [0.29, 0.717) is 6.04 Å². The van der Waals surface area contributed by atoms with Crippen molar-refractivity contribution < 1.29 is 0 Å². The average Bonchev–Trinajstić information content (AvgIpc) is 2.68. The third kappa shape index (κ3) is 2.42. The molecule has 1 aliphatic rings. The van der Waals surface area contributed by atoms with Gasteiger partial charge < -0.3 is 9.88 Å². The highest BCUT2D eigenvalue weighted by atomic mass is 15.1. The summed E-state index contributed by atoms with van der Waals surface area (Å²) < 4.78 is 2.47. The lowest BCUT2D eigenvalue weighted by atomic mass is 9.79. The molecule has 0 aliphatic carbocycles. The van der Waals surface area contributed by atoms with E-state index in [0.717, 1.165) is 0 Å². The fourth-order valence-electron chi connectivity index (χ4n) is 3.89. The van der Waals surface area contributed by atoms with Crippen molar-refractivity contribution >= 4 is 10.9 Å². The fourth-order valence-corrected chi connectivity index (χ4v) is 3.89. The zero-order valence-electron chi connectivity index (χ0n) is 12.4. The van der Waals surface area contributed by atoms with Crippen molar-refractivity contribution in [2.24, 2.45) is 0 Å². The van der Waals surface area contributed by atoms with Crippen molar-refractivity contribution in [3.63, 3.8) is 0 Å². The lowest BCUT2D eigenvalue weighted by molar-refractivity contribution is 0.134. The molecule has 2 heterocycles. The van der Waals surface area contributed by atoms with E-state index in [2.05, 4.69) is 74.1 Å². The van der Waals surface area contributed by atoms with Crippen molar-refractivity contribution in [1.82, 2.24) is 9.88 Å². The molecule has 1 saturated heterocycles. The number of piperidine rings is 1. The van der Waals surface area contributed by atoms with Gasteiger partial charge in [0.2, 0.25) is 0 Å². The molecule has 1 aromatic carbocycles. The summed E-state index contributed by atoms with van der Waals surface area (Å²) in [5, 5.41) is 5.10. The summed E-state index contributed by atoms with van der Waals surface area (Å²) in [5.41, 5.74) is 1.75. The molecule has 2 heteroatoms. The van der Waals surface area contributed by atoms with E-state index in [9.17, 15) is 0 Å². The number of benzene rings is 1. The Bertz CT molecular complexity index is 576. The third-order valence-electron chi connectivity index (χ3n) is 4.19. The van der Waals surface area contributed by atoms with Gasteiger partial charge in [0.1, 0.15) is 0 Å². The van der Waals surface area contributed by atoms with E-state index >= 15 is 0 Å². The van der Waals surface area contributed by atoms with E-state index < -0.39 is 0 Å². The van der Waals surface area contributed by atoms with Gasteiger partial charge in [-0.15, -0.1) is 0 Å². The van der Waals surface area contributed by atoms with Crippen LogP contribution in [0.1, 0.15) is 46.6 Å². The maximum absolute atomic E-state index is 3.76. The molecular formula is C17H24N2. The van der Waals surface area contributed by atoms with Gasteiger partial charge in [-0.3, -0.25) is 0 Å². The standard InChI is InChI=1S/C17H24N2/c1-16(2)11-14(12-17(3,4)18-16)19-10-9-13-7-5-6-8-15(13)19/h5-10,14,18H,11-12H2,1-4H3. The molecule has 0 saturated carbocycles.